The maximum Gasteiger partial charge on any atom is 0.328 e. The Bertz CT molecular complexity index is 606. The molecule has 0 aliphatic carbocycles. The molecule has 0 amide bonds. The Hall–Kier alpha value is -1.82. The van der Waals surface area contributed by atoms with E-state index in [2.05, 4.69) is 4.72 Å². The first kappa shape index (κ1) is 16.2. The van der Waals surface area contributed by atoms with Gasteiger partial charge in [0, 0.05) is 6.08 Å². The summed E-state index contributed by atoms with van der Waals surface area (Å²) in [4.78, 5) is 10.5. The highest BCUT2D eigenvalue weighted by molar-refractivity contribution is 7.92. The van der Waals surface area contributed by atoms with E-state index >= 15 is 0 Å². The van der Waals surface area contributed by atoms with Crippen molar-refractivity contribution in [2.24, 2.45) is 0 Å². The molecule has 1 rings (SSSR count). The van der Waals surface area contributed by atoms with E-state index in [-0.39, 0.29) is 5.75 Å². The molecule has 5 nitrogen and oxygen atoms in total. The van der Waals surface area contributed by atoms with E-state index in [1.54, 1.807) is 25.1 Å². The highest BCUT2D eigenvalue weighted by atomic mass is 32.2. The zero-order chi connectivity index (χ0) is 15.2. The van der Waals surface area contributed by atoms with Gasteiger partial charge in [-0.15, -0.1) is 0 Å². The summed E-state index contributed by atoms with van der Waals surface area (Å²) in [6.45, 7) is 3.72. The standard InChI is InChI=1S/C14H19NO4S/c1-3-9-20(18,19)15-13-7-5-11(6-8-14(16)17)10-12(13)4-2/h5-8,10,15H,3-4,9H2,1-2H3,(H,16,17)/b8-6+. The molecular formula is C14H19NO4S. The third-order valence-electron chi connectivity index (χ3n) is 2.67. The van der Waals surface area contributed by atoms with Gasteiger partial charge >= 0.3 is 5.97 Å². The number of aryl methyl sites for hydroxylation is 1. The van der Waals surface area contributed by atoms with Crippen LogP contribution in [0.5, 0.6) is 0 Å². The smallest absolute Gasteiger partial charge is 0.328 e. The molecular weight excluding hydrogens is 278 g/mol. The number of carbonyl (C=O) groups is 1. The molecule has 2 N–H and O–H groups in total. The van der Waals surface area contributed by atoms with Crippen molar-refractivity contribution in [1.29, 1.82) is 0 Å². The number of rotatable bonds is 7. The van der Waals surface area contributed by atoms with Gasteiger partial charge in [0.15, 0.2) is 0 Å². The van der Waals surface area contributed by atoms with E-state index in [1.807, 2.05) is 6.92 Å². The summed E-state index contributed by atoms with van der Waals surface area (Å²) in [7, 11) is -3.32. The van der Waals surface area contributed by atoms with Crippen LogP contribution in [0.2, 0.25) is 0 Å². The maximum atomic E-state index is 11.8. The van der Waals surface area contributed by atoms with Crippen LogP contribution < -0.4 is 4.72 Å². The summed E-state index contributed by atoms with van der Waals surface area (Å²) < 4.78 is 26.1. The van der Waals surface area contributed by atoms with E-state index in [0.717, 1.165) is 17.2 Å². The SMILES string of the molecule is CCCS(=O)(=O)Nc1ccc(/C=C/C(=O)O)cc1CC. The molecule has 110 valence electrons. The summed E-state index contributed by atoms with van der Waals surface area (Å²) in [6.07, 6.45) is 3.73. The zero-order valence-electron chi connectivity index (χ0n) is 11.6. The minimum absolute atomic E-state index is 0.0802. The molecule has 0 aliphatic rings. The van der Waals surface area contributed by atoms with Crippen LogP contribution in [0, 0.1) is 0 Å². The van der Waals surface area contributed by atoms with Crippen LogP contribution in [0.25, 0.3) is 6.08 Å². The molecule has 0 fully saturated rings. The highest BCUT2D eigenvalue weighted by Gasteiger charge is 2.11. The molecule has 0 spiro atoms. The highest BCUT2D eigenvalue weighted by Crippen LogP contribution is 2.20. The van der Waals surface area contributed by atoms with Crippen molar-refractivity contribution in [3.05, 3.63) is 35.4 Å². The minimum Gasteiger partial charge on any atom is -0.478 e. The van der Waals surface area contributed by atoms with E-state index < -0.39 is 16.0 Å². The van der Waals surface area contributed by atoms with Gasteiger partial charge < -0.3 is 5.11 Å². The molecule has 0 heterocycles. The van der Waals surface area contributed by atoms with Crippen molar-refractivity contribution in [2.75, 3.05) is 10.5 Å². The van der Waals surface area contributed by atoms with Crippen LogP contribution in [0.3, 0.4) is 0 Å². The van der Waals surface area contributed by atoms with Gasteiger partial charge in [-0.2, -0.15) is 0 Å². The number of anilines is 1. The summed E-state index contributed by atoms with van der Waals surface area (Å²) in [5, 5.41) is 8.59. The topological polar surface area (TPSA) is 83.5 Å². The number of carboxylic acid groups (broad SMARTS) is 1. The Morgan fingerprint density at radius 3 is 2.60 bits per heavy atom. The second-order valence-electron chi connectivity index (χ2n) is 4.36. The van der Waals surface area contributed by atoms with Crippen molar-refractivity contribution >= 4 is 27.8 Å². The predicted octanol–water partition coefficient (Wildman–Crippen LogP) is 2.50. The first-order chi connectivity index (χ1) is 9.38. The van der Waals surface area contributed by atoms with Gasteiger partial charge in [-0.3, -0.25) is 4.72 Å². The summed E-state index contributed by atoms with van der Waals surface area (Å²) in [5.41, 5.74) is 2.10. The van der Waals surface area contributed by atoms with E-state index in [4.69, 9.17) is 5.11 Å². The fourth-order valence-corrected chi connectivity index (χ4v) is 2.94. The Balaban J connectivity index is 3.02. The van der Waals surface area contributed by atoms with Gasteiger partial charge in [0.2, 0.25) is 10.0 Å². The molecule has 0 unspecified atom stereocenters. The van der Waals surface area contributed by atoms with Crippen molar-refractivity contribution in [3.63, 3.8) is 0 Å². The Labute approximate surface area is 119 Å². The number of benzene rings is 1. The number of carboxylic acids is 1. The number of sulfonamides is 1. The van der Waals surface area contributed by atoms with Crippen LogP contribution in [0.4, 0.5) is 5.69 Å². The molecule has 0 aliphatic heterocycles. The first-order valence-electron chi connectivity index (χ1n) is 6.42. The third-order valence-corrected chi connectivity index (χ3v) is 4.14. The fraction of sp³-hybridized carbons (Fsp3) is 0.357. The van der Waals surface area contributed by atoms with Gasteiger partial charge in [0.05, 0.1) is 11.4 Å². The second-order valence-corrected chi connectivity index (χ2v) is 6.20. The molecule has 0 bridgehead atoms. The number of hydrogen-bond acceptors (Lipinski definition) is 3. The Morgan fingerprint density at radius 2 is 2.05 bits per heavy atom. The molecule has 0 saturated heterocycles. The summed E-state index contributed by atoms with van der Waals surface area (Å²) >= 11 is 0. The third kappa shape index (κ3) is 5.05. The van der Waals surface area contributed by atoms with Crippen LogP contribution in [-0.4, -0.2) is 25.2 Å². The maximum absolute atomic E-state index is 11.8. The molecule has 0 saturated carbocycles. The quantitative estimate of drug-likeness (QED) is 0.757. The average molecular weight is 297 g/mol. The van der Waals surface area contributed by atoms with Gasteiger partial charge in [-0.25, -0.2) is 13.2 Å². The molecule has 20 heavy (non-hydrogen) atoms. The average Bonchev–Trinajstić information content (AvgIpc) is 2.36. The zero-order valence-corrected chi connectivity index (χ0v) is 12.4. The van der Waals surface area contributed by atoms with Gasteiger partial charge in [-0.05, 0) is 42.2 Å². The lowest BCUT2D eigenvalue weighted by atomic mass is 10.1. The Kier molecular flexibility index (Phi) is 5.76. The predicted molar refractivity (Wildman–Crippen MR) is 80.2 cm³/mol. The Morgan fingerprint density at radius 1 is 1.35 bits per heavy atom. The van der Waals surface area contributed by atoms with Gasteiger partial charge in [0.25, 0.3) is 0 Å². The minimum atomic E-state index is -3.32. The largest absolute Gasteiger partial charge is 0.478 e. The van der Waals surface area contributed by atoms with Crippen LogP contribution in [0.15, 0.2) is 24.3 Å². The van der Waals surface area contributed by atoms with Crippen molar-refractivity contribution in [2.45, 2.75) is 26.7 Å². The van der Waals surface area contributed by atoms with E-state index in [9.17, 15) is 13.2 Å². The number of nitrogens with one attached hydrogen (secondary N) is 1. The second kappa shape index (κ2) is 7.09. The molecule has 1 aromatic rings. The van der Waals surface area contributed by atoms with Crippen molar-refractivity contribution in [3.8, 4) is 0 Å². The first-order valence-corrected chi connectivity index (χ1v) is 8.07. The molecule has 1 aromatic carbocycles. The van der Waals surface area contributed by atoms with E-state index in [0.29, 0.717) is 18.5 Å². The normalized spacial score (nSPS) is 11.7. The lowest BCUT2D eigenvalue weighted by Crippen LogP contribution is -2.17. The van der Waals surface area contributed by atoms with E-state index in [1.165, 1.54) is 6.08 Å². The van der Waals surface area contributed by atoms with Crippen molar-refractivity contribution < 1.29 is 18.3 Å². The molecule has 6 heteroatoms. The summed E-state index contributed by atoms with van der Waals surface area (Å²) in [5.74, 6) is -0.938. The number of aliphatic carboxylic acids is 1. The molecule has 0 radical (unpaired) electrons. The molecule has 0 atom stereocenters. The monoisotopic (exact) mass is 297 g/mol. The van der Waals surface area contributed by atoms with Crippen LogP contribution in [-0.2, 0) is 21.2 Å². The van der Waals surface area contributed by atoms with Crippen LogP contribution in [0.1, 0.15) is 31.4 Å². The fourth-order valence-electron chi connectivity index (χ4n) is 1.76. The number of hydrogen-bond donors (Lipinski definition) is 2. The van der Waals surface area contributed by atoms with Gasteiger partial charge in [0.1, 0.15) is 0 Å². The molecule has 0 aromatic heterocycles. The van der Waals surface area contributed by atoms with Gasteiger partial charge in [-0.1, -0.05) is 19.9 Å². The lowest BCUT2D eigenvalue weighted by Gasteiger charge is -2.12. The van der Waals surface area contributed by atoms with Crippen LogP contribution >= 0.6 is 0 Å². The van der Waals surface area contributed by atoms with Crippen molar-refractivity contribution in [1.82, 2.24) is 0 Å². The summed E-state index contributed by atoms with van der Waals surface area (Å²) in [6, 6.07) is 5.12. The lowest BCUT2D eigenvalue weighted by molar-refractivity contribution is -0.131.